The molecule has 14 heavy (non-hydrogen) atoms. The fraction of sp³-hybridized carbons (Fsp3) is 0.778. The third-order valence-electron chi connectivity index (χ3n) is 2.15. The number of hydrogen-bond acceptors (Lipinski definition) is 5. The molecule has 1 aliphatic rings. The van der Waals surface area contributed by atoms with E-state index in [0.29, 0.717) is 11.9 Å². The Bertz CT molecular complexity index is 285. The number of aromatic nitrogens is 2. The molecule has 78 valence electrons. The zero-order chi connectivity index (χ0) is 9.80. The molecule has 0 atom stereocenters. The van der Waals surface area contributed by atoms with Crippen molar-refractivity contribution in [3.8, 4) is 0 Å². The van der Waals surface area contributed by atoms with Crippen LogP contribution in [0.5, 0.6) is 0 Å². The lowest BCUT2D eigenvalue weighted by Gasteiger charge is -1.95. The van der Waals surface area contributed by atoms with E-state index in [2.05, 4.69) is 21.8 Å². The Morgan fingerprint density at radius 3 is 2.93 bits per heavy atom. The van der Waals surface area contributed by atoms with Crippen LogP contribution in [0.2, 0.25) is 0 Å². The molecule has 0 spiro atoms. The minimum absolute atomic E-state index is 0.691. The molecule has 0 aromatic carbocycles. The predicted octanol–water partition coefficient (Wildman–Crippen LogP) is 1.23. The minimum atomic E-state index is 0.691. The van der Waals surface area contributed by atoms with Crippen molar-refractivity contribution in [2.24, 2.45) is 0 Å². The van der Waals surface area contributed by atoms with Gasteiger partial charge in [-0.1, -0.05) is 0 Å². The third-order valence-corrected chi connectivity index (χ3v) is 2.76. The summed E-state index contributed by atoms with van der Waals surface area (Å²) in [5.74, 6) is 2.51. The number of hydrogen-bond donors (Lipinski definition) is 1. The maximum atomic E-state index is 5.47. The molecule has 0 bridgehead atoms. The van der Waals surface area contributed by atoms with Gasteiger partial charge in [-0.15, -0.1) is 10.2 Å². The molecule has 0 unspecified atom stereocenters. The van der Waals surface area contributed by atoms with Crippen LogP contribution in [0.15, 0.2) is 4.42 Å². The van der Waals surface area contributed by atoms with E-state index in [1.165, 1.54) is 12.8 Å². The van der Waals surface area contributed by atoms with E-state index in [4.69, 9.17) is 4.42 Å². The molecule has 1 fully saturated rings. The summed E-state index contributed by atoms with van der Waals surface area (Å²) in [6, 6.07) is 0.691. The quantitative estimate of drug-likeness (QED) is 0.770. The number of rotatable bonds is 6. The Labute approximate surface area is 87.9 Å². The maximum Gasteiger partial charge on any atom is 0.230 e. The van der Waals surface area contributed by atoms with Gasteiger partial charge in [0.2, 0.25) is 11.8 Å². The van der Waals surface area contributed by atoms with Gasteiger partial charge in [-0.05, 0) is 19.1 Å². The van der Waals surface area contributed by atoms with Crippen LogP contribution in [0.1, 0.15) is 24.6 Å². The Morgan fingerprint density at radius 1 is 1.43 bits per heavy atom. The van der Waals surface area contributed by atoms with Gasteiger partial charge in [-0.25, -0.2) is 0 Å². The Morgan fingerprint density at radius 2 is 2.21 bits per heavy atom. The molecule has 0 saturated heterocycles. The molecule has 0 radical (unpaired) electrons. The molecule has 1 saturated carbocycles. The van der Waals surface area contributed by atoms with Crippen LogP contribution in [0.3, 0.4) is 0 Å². The van der Waals surface area contributed by atoms with Crippen molar-refractivity contribution < 1.29 is 4.42 Å². The largest absolute Gasteiger partial charge is 0.424 e. The van der Waals surface area contributed by atoms with Gasteiger partial charge >= 0.3 is 0 Å². The van der Waals surface area contributed by atoms with E-state index in [1.54, 1.807) is 11.8 Å². The van der Waals surface area contributed by atoms with E-state index in [0.717, 1.165) is 24.6 Å². The van der Waals surface area contributed by atoms with Crippen LogP contribution in [0.25, 0.3) is 0 Å². The molecule has 1 heterocycles. The van der Waals surface area contributed by atoms with Crippen molar-refractivity contribution in [3.63, 3.8) is 0 Å². The molecule has 5 heteroatoms. The average Bonchev–Trinajstić information content (AvgIpc) is 2.92. The molecule has 1 aliphatic carbocycles. The summed E-state index contributed by atoms with van der Waals surface area (Å²) in [6.45, 7) is 0.719. The van der Waals surface area contributed by atoms with Gasteiger partial charge in [0.1, 0.15) is 0 Å². The Kier molecular flexibility index (Phi) is 3.42. The first-order valence-corrected chi connectivity index (χ1v) is 6.31. The first-order valence-electron chi connectivity index (χ1n) is 4.92. The summed E-state index contributed by atoms with van der Waals surface area (Å²) in [7, 11) is 0. The highest BCUT2D eigenvalue weighted by Gasteiger charge is 2.21. The van der Waals surface area contributed by atoms with Crippen molar-refractivity contribution in [1.82, 2.24) is 15.5 Å². The molecular weight excluding hydrogens is 198 g/mol. The summed E-state index contributed by atoms with van der Waals surface area (Å²) >= 11 is 1.79. The fourth-order valence-corrected chi connectivity index (χ4v) is 1.55. The second-order valence-corrected chi connectivity index (χ2v) is 4.47. The van der Waals surface area contributed by atoms with Gasteiger partial charge in [0, 0.05) is 18.2 Å². The molecule has 2 rings (SSSR count). The summed E-state index contributed by atoms with van der Waals surface area (Å²) in [5, 5.41) is 11.3. The highest BCUT2D eigenvalue weighted by atomic mass is 32.2. The minimum Gasteiger partial charge on any atom is -0.424 e. The van der Waals surface area contributed by atoms with Crippen molar-refractivity contribution >= 4 is 11.8 Å². The maximum absolute atomic E-state index is 5.47. The van der Waals surface area contributed by atoms with E-state index in [9.17, 15) is 0 Å². The van der Waals surface area contributed by atoms with E-state index < -0.39 is 0 Å². The van der Waals surface area contributed by atoms with Gasteiger partial charge < -0.3 is 9.73 Å². The smallest absolute Gasteiger partial charge is 0.230 e. The predicted molar refractivity (Wildman–Crippen MR) is 56.2 cm³/mol. The summed E-state index contributed by atoms with van der Waals surface area (Å²) in [6.07, 6.45) is 5.52. The molecule has 1 N–H and O–H groups in total. The molecule has 0 aliphatic heterocycles. The summed E-state index contributed by atoms with van der Waals surface area (Å²) in [4.78, 5) is 0. The van der Waals surface area contributed by atoms with Gasteiger partial charge in [0.15, 0.2) is 0 Å². The van der Waals surface area contributed by atoms with Gasteiger partial charge in [-0.2, -0.15) is 11.8 Å². The topological polar surface area (TPSA) is 51.0 Å². The van der Waals surface area contributed by atoms with E-state index in [-0.39, 0.29) is 0 Å². The number of thioether (sulfide) groups is 1. The standard InChI is InChI=1S/C9H15N3OS/c1-14-5-4-8-11-12-9(13-8)6-10-7-2-3-7/h7,10H,2-6H2,1H3. The van der Waals surface area contributed by atoms with Gasteiger partial charge in [0.05, 0.1) is 6.54 Å². The Hall–Kier alpha value is -0.550. The molecule has 4 nitrogen and oxygen atoms in total. The normalized spacial score (nSPS) is 16.1. The van der Waals surface area contributed by atoms with E-state index in [1.807, 2.05) is 0 Å². The third kappa shape index (κ3) is 2.99. The van der Waals surface area contributed by atoms with Crippen LogP contribution in [-0.2, 0) is 13.0 Å². The second kappa shape index (κ2) is 4.79. The van der Waals surface area contributed by atoms with Crippen LogP contribution >= 0.6 is 11.8 Å². The zero-order valence-electron chi connectivity index (χ0n) is 8.32. The van der Waals surface area contributed by atoms with E-state index >= 15 is 0 Å². The second-order valence-electron chi connectivity index (χ2n) is 3.49. The Balaban J connectivity index is 1.76. The van der Waals surface area contributed by atoms with Crippen LogP contribution in [0, 0.1) is 0 Å². The monoisotopic (exact) mass is 213 g/mol. The van der Waals surface area contributed by atoms with Crippen LogP contribution in [0.4, 0.5) is 0 Å². The zero-order valence-corrected chi connectivity index (χ0v) is 9.14. The van der Waals surface area contributed by atoms with Crippen molar-refractivity contribution in [2.45, 2.75) is 31.8 Å². The van der Waals surface area contributed by atoms with Gasteiger partial charge in [-0.3, -0.25) is 0 Å². The molecule has 0 amide bonds. The number of nitrogens with zero attached hydrogens (tertiary/aromatic N) is 2. The van der Waals surface area contributed by atoms with Crippen molar-refractivity contribution in [2.75, 3.05) is 12.0 Å². The lowest BCUT2D eigenvalue weighted by atomic mass is 10.5. The van der Waals surface area contributed by atoms with Gasteiger partial charge in [0.25, 0.3) is 0 Å². The molecule has 1 aromatic heterocycles. The SMILES string of the molecule is CSCCc1nnc(CNC2CC2)o1. The highest BCUT2D eigenvalue weighted by Crippen LogP contribution is 2.19. The number of aryl methyl sites for hydroxylation is 1. The average molecular weight is 213 g/mol. The molecular formula is C9H15N3OS. The van der Waals surface area contributed by atoms with Crippen molar-refractivity contribution in [1.29, 1.82) is 0 Å². The lowest BCUT2D eigenvalue weighted by Crippen LogP contribution is -2.15. The highest BCUT2D eigenvalue weighted by molar-refractivity contribution is 7.98. The van der Waals surface area contributed by atoms with Crippen LogP contribution in [-0.4, -0.2) is 28.2 Å². The fourth-order valence-electron chi connectivity index (χ4n) is 1.17. The van der Waals surface area contributed by atoms with Crippen LogP contribution < -0.4 is 5.32 Å². The summed E-state index contributed by atoms with van der Waals surface area (Å²) < 4.78 is 5.47. The first-order chi connectivity index (χ1) is 6.88. The molecule has 1 aromatic rings. The van der Waals surface area contributed by atoms with Crippen molar-refractivity contribution in [3.05, 3.63) is 11.8 Å². The summed E-state index contributed by atoms with van der Waals surface area (Å²) in [5.41, 5.74) is 0. The first kappa shape index (κ1) is 9.98. The number of nitrogens with one attached hydrogen (secondary N) is 1. The lowest BCUT2D eigenvalue weighted by molar-refractivity contribution is 0.436.